The minimum Gasteiger partial charge on any atom is -0.394 e. The van der Waals surface area contributed by atoms with Crippen LogP contribution in [0.15, 0.2) is 12.2 Å². The zero-order valence-corrected chi connectivity index (χ0v) is 11.2. The number of hydrogen-bond donors (Lipinski definition) is 1. The maximum atomic E-state index is 9.21. The number of aliphatic hydroxyl groups excluding tert-OH is 1. The van der Waals surface area contributed by atoms with Gasteiger partial charge in [-0.2, -0.15) is 0 Å². The van der Waals surface area contributed by atoms with Crippen LogP contribution < -0.4 is 0 Å². The highest BCUT2D eigenvalue weighted by molar-refractivity contribution is 5.09. The molecule has 3 nitrogen and oxygen atoms in total. The molecule has 0 bridgehead atoms. The van der Waals surface area contributed by atoms with E-state index in [2.05, 4.69) is 20.4 Å². The fourth-order valence-electron chi connectivity index (χ4n) is 3.20. The molecule has 2 aliphatic rings. The molecule has 1 saturated carbocycles. The first kappa shape index (κ1) is 13.1. The molecule has 1 aliphatic heterocycles. The van der Waals surface area contributed by atoms with E-state index in [0.717, 1.165) is 18.4 Å². The molecular formula is C14H24O3. The molecule has 0 aromatic rings. The first-order valence-corrected chi connectivity index (χ1v) is 6.47. The monoisotopic (exact) mass is 240 g/mol. The van der Waals surface area contributed by atoms with E-state index in [-0.39, 0.29) is 24.0 Å². The minimum atomic E-state index is -0.541. The average molecular weight is 240 g/mol. The first-order chi connectivity index (χ1) is 7.88. The molecule has 98 valence electrons. The maximum Gasteiger partial charge on any atom is 0.175 e. The van der Waals surface area contributed by atoms with Gasteiger partial charge in [0.25, 0.3) is 0 Å². The third kappa shape index (κ3) is 2.42. The minimum absolute atomic E-state index is 0.0328. The normalized spacial score (nSPS) is 40.7. The molecule has 3 atom stereocenters. The molecule has 2 rings (SSSR count). The van der Waals surface area contributed by atoms with Crippen LogP contribution >= 0.6 is 0 Å². The first-order valence-electron chi connectivity index (χ1n) is 6.47. The Balaban J connectivity index is 2.22. The van der Waals surface area contributed by atoms with Gasteiger partial charge in [-0.25, -0.2) is 0 Å². The summed E-state index contributed by atoms with van der Waals surface area (Å²) in [5.74, 6) is -0.284. The molecule has 0 amide bonds. The summed E-state index contributed by atoms with van der Waals surface area (Å²) in [6, 6.07) is 0. The summed E-state index contributed by atoms with van der Waals surface area (Å²) in [6.07, 6.45) is 2.93. The quantitative estimate of drug-likeness (QED) is 0.754. The maximum absolute atomic E-state index is 9.21. The van der Waals surface area contributed by atoms with Gasteiger partial charge in [-0.3, -0.25) is 0 Å². The predicted octanol–water partition coefficient (Wildman–Crippen LogP) is 2.49. The molecule has 1 N–H and O–H groups in total. The van der Waals surface area contributed by atoms with Crippen molar-refractivity contribution in [1.29, 1.82) is 0 Å². The summed E-state index contributed by atoms with van der Waals surface area (Å²) in [4.78, 5) is 0. The van der Waals surface area contributed by atoms with Crippen molar-refractivity contribution < 1.29 is 14.6 Å². The molecule has 0 radical (unpaired) electrons. The molecule has 1 saturated heterocycles. The molecule has 17 heavy (non-hydrogen) atoms. The van der Waals surface area contributed by atoms with E-state index in [4.69, 9.17) is 9.47 Å². The lowest BCUT2D eigenvalue weighted by Gasteiger charge is -2.47. The SMILES string of the molecule is C=C(C)C1CCC(C)(C)CC12OCC(CO)O2. The Morgan fingerprint density at radius 2 is 2.18 bits per heavy atom. The van der Waals surface area contributed by atoms with Crippen molar-refractivity contribution in [2.24, 2.45) is 11.3 Å². The Labute approximate surface area is 104 Å². The van der Waals surface area contributed by atoms with Crippen molar-refractivity contribution in [2.45, 2.75) is 51.9 Å². The van der Waals surface area contributed by atoms with Gasteiger partial charge >= 0.3 is 0 Å². The summed E-state index contributed by atoms with van der Waals surface area (Å²) in [5, 5.41) is 9.21. The number of ether oxygens (including phenoxy) is 2. The average Bonchev–Trinajstić information content (AvgIpc) is 2.59. The van der Waals surface area contributed by atoms with E-state index in [0.29, 0.717) is 6.61 Å². The van der Waals surface area contributed by atoms with Crippen LogP contribution in [0.25, 0.3) is 0 Å². The molecule has 0 aromatic heterocycles. The van der Waals surface area contributed by atoms with E-state index in [1.54, 1.807) is 0 Å². The predicted molar refractivity (Wildman–Crippen MR) is 66.6 cm³/mol. The third-order valence-electron chi connectivity index (χ3n) is 4.04. The Bertz CT molecular complexity index is 311. The Morgan fingerprint density at radius 1 is 1.47 bits per heavy atom. The van der Waals surface area contributed by atoms with Gasteiger partial charge in [0.15, 0.2) is 5.79 Å². The van der Waals surface area contributed by atoms with Crippen LogP contribution in [0.5, 0.6) is 0 Å². The van der Waals surface area contributed by atoms with E-state index >= 15 is 0 Å². The largest absolute Gasteiger partial charge is 0.394 e. The molecule has 2 fully saturated rings. The highest BCUT2D eigenvalue weighted by Crippen LogP contribution is 2.51. The van der Waals surface area contributed by atoms with Gasteiger partial charge in [0, 0.05) is 12.3 Å². The smallest absolute Gasteiger partial charge is 0.175 e. The lowest BCUT2D eigenvalue weighted by Crippen LogP contribution is -2.48. The lowest BCUT2D eigenvalue weighted by molar-refractivity contribution is -0.233. The molecular weight excluding hydrogens is 216 g/mol. The number of hydrogen-bond acceptors (Lipinski definition) is 3. The lowest BCUT2D eigenvalue weighted by atomic mass is 9.67. The molecule has 0 aromatic carbocycles. The zero-order chi connectivity index (χ0) is 12.7. The molecule has 1 aliphatic carbocycles. The second-order valence-corrected chi connectivity index (χ2v) is 6.32. The van der Waals surface area contributed by atoms with E-state index < -0.39 is 5.79 Å². The molecule has 3 heteroatoms. The van der Waals surface area contributed by atoms with Crippen molar-refractivity contribution in [2.75, 3.05) is 13.2 Å². The Hall–Kier alpha value is -0.380. The van der Waals surface area contributed by atoms with Crippen molar-refractivity contribution in [3.63, 3.8) is 0 Å². The van der Waals surface area contributed by atoms with Crippen molar-refractivity contribution in [1.82, 2.24) is 0 Å². The summed E-state index contributed by atoms with van der Waals surface area (Å²) in [6.45, 7) is 11.2. The van der Waals surface area contributed by atoms with Crippen LogP contribution in [0.4, 0.5) is 0 Å². The fraction of sp³-hybridized carbons (Fsp3) is 0.857. The highest BCUT2D eigenvalue weighted by atomic mass is 16.7. The Kier molecular flexibility index (Phi) is 3.36. The molecule has 3 unspecified atom stereocenters. The summed E-state index contributed by atoms with van der Waals surface area (Å²) >= 11 is 0. The molecule has 1 spiro atoms. The fourth-order valence-corrected chi connectivity index (χ4v) is 3.20. The highest BCUT2D eigenvalue weighted by Gasteiger charge is 2.53. The summed E-state index contributed by atoms with van der Waals surface area (Å²) in [5.41, 5.74) is 1.36. The topological polar surface area (TPSA) is 38.7 Å². The van der Waals surface area contributed by atoms with Crippen LogP contribution in [0.3, 0.4) is 0 Å². The zero-order valence-electron chi connectivity index (χ0n) is 11.2. The van der Waals surface area contributed by atoms with Crippen molar-refractivity contribution in [3.8, 4) is 0 Å². The number of aliphatic hydroxyl groups is 1. The van der Waals surface area contributed by atoms with Crippen LogP contribution in [-0.2, 0) is 9.47 Å². The van der Waals surface area contributed by atoms with Crippen molar-refractivity contribution >= 4 is 0 Å². The summed E-state index contributed by atoms with van der Waals surface area (Å²) < 4.78 is 12.0. The van der Waals surface area contributed by atoms with Gasteiger partial charge in [0.2, 0.25) is 0 Å². The van der Waals surface area contributed by atoms with Gasteiger partial charge in [-0.15, -0.1) is 0 Å². The van der Waals surface area contributed by atoms with E-state index in [1.807, 2.05) is 6.92 Å². The van der Waals surface area contributed by atoms with Crippen LogP contribution in [0.2, 0.25) is 0 Å². The third-order valence-corrected chi connectivity index (χ3v) is 4.04. The standard InChI is InChI=1S/C14H24O3/c1-10(2)12-5-6-13(3,4)9-14(12)16-8-11(7-15)17-14/h11-12,15H,1,5-9H2,2-4H3. The Morgan fingerprint density at radius 3 is 2.71 bits per heavy atom. The van der Waals surface area contributed by atoms with E-state index in [9.17, 15) is 5.11 Å². The van der Waals surface area contributed by atoms with Crippen LogP contribution in [0, 0.1) is 11.3 Å². The van der Waals surface area contributed by atoms with Crippen LogP contribution in [0.1, 0.15) is 40.0 Å². The van der Waals surface area contributed by atoms with Gasteiger partial charge in [0.05, 0.1) is 13.2 Å². The van der Waals surface area contributed by atoms with Gasteiger partial charge in [-0.05, 0) is 25.2 Å². The van der Waals surface area contributed by atoms with Crippen LogP contribution in [-0.4, -0.2) is 30.2 Å². The number of rotatable bonds is 2. The van der Waals surface area contributed by atoms with Gasteiger partial charge in [0.1, 0.15) is 6.10 Å². The summed E-state index contributed by atoms with van der Waals surface area (Å²) in [7, 11) is 0. The van der Waals surface area contributed by atoms with Gasteiger partial charge in [-0.1, -0.05) is 26.0 Å². The van der Waals surface area contributed by atoms with Crippen molar-refractivity contribution in [3.05, 3.63) is 12.2 Å². The van der Waals surface area contributed by atoms with Gasteiger partial charge < -0.3 is 14.6 Å². The molecule has 1 heterocycles. The second-order valence-electron chi connectivity index (χ2n) is 6.32. The second kappa shape index (κ2) is 4.38. The van der Waals surface area contributed by atoms with E-state index in [1.165, 1.54) is 6.42 Å².